The molecule has 10 heteroatoms. The van der Waals surface area contributed by atoms with Gasteiger partial charge in [-0.15, -0.1) is 0 Å². The van der Waals surface area contributed by atoms with E-state index < -0.39 is 41.5 Å². The van der Waals surface area contributed by atoms with Gasteiger partial charge < -0.3 is 14.6 Å². The molecule has 0 saturated heterocycles. The Labute approximate surface area is 184 Å². The fourth-order valence-corrected chi connectivity index (χ4v) is 3.40. The van der Waals surface area contributed by atoms with Crippen molar-refractivity contribution < 1.29 is 36.5 Å². The van der Waals surface area contributed by atoms with Crippen LogP contribution < -0.4 is 9.47 Å². The molecular weight excluding hydrogens is 447 g/mol. The Morgan fingerprint density at radius 3 is 2.30 bits per heavy atom. The van der Waals surface area contributed by atoms with Crippen molar-refractivity contribution in [3.05, 3.63) is 84.1 Å². The van der Waals surface area contributed by atoms with Crippen LogP contribution in [0, 0.1) is 11.6 Å². The maximum absolute atomic E-state index is 14.2. The Morgan fingerprint density at radius 1 is 0.939 bits per heavy atom. The molecule has 172 valence electrons. The molecule has 1 heterocycles. The first kappa shape index (κ1) is 22.5. The van der Waals surface area contributed by atoms with Crippen LogP contribution in [0.2, 0.25) is 0 Å². The normalized spacial score (nSPS) is 13.7. The van der Waals surface area contributed by atoms with Crippen LogP contribution in [0.15, 0.2) is 66.7 Å². The molecule has 0 fully saturated rings. The van der Waals surface area contributed by atoms with Crippen molar-refractivity contribution in [3.8, 4) is 17.2 Å². The third-order valence-corrected chi connectivity index (χ3v) is 5.10. The molecule has 4 rings (SSSR count). The number of alkyl halides is 3. The fraction of sp³-hybridized carbons (Fsp3) is 0.174. The van der Waals surface area contributed by atoms with E-state index in [9.17, 15) is 27.1 Å². The lowest BCUT2D eigenvalue weighted by Crippen LogP contribution is -2.47. The fourth-order valence-electron chi connectivity index (χ4n) is 3.40. The first-order chi connectivity index (χ1) is 15.7. The molecule has 4 aromatic rings. The smallest absolute Gasteiger partial charge is 0.426 e. The number of halogens is 5. The van der Waals surface area contributed by atoms with Crippen LogP contribution >= 0.6 is 0 Å². The van der Waals surface area contributed by atoms with Gasteiger partial charge in [0.15, 0.2) is 17.3 Å². The zero-order chi connectivity index (χ0) is 23.8. The molecular formula is C23H17F5N2O3. The molecule has 1 atom stereocenters. The van der Waals surface area contributed by atoms with Crippen molar-refractivity contribution in [1.82, 2.24) is 9.78 Å². The standard InChI is InChI=1S/C23H17F5N2O3/c1-32-19-8-4-6-17(25)20(19)33-13-22(31,23(26,27)28)21-16-5-2-3-7-18(16)30(29-21)15-11-9-14(24)10-12-15/h2-12,31H,13H2,1H3. The third kappa shape index (κ3) is 3.97. The molecule has 3 aromatic carbocycles. The molecule has 1 unspecified atom stereocenters. The second-order valence-corrected chi connectivity index (χ2v) is 7.17. The number of benzene rings is 3. The Kier molecular flexibility index (Phi) is 5.71. The predicted octanol–water partition coefficient (Wildman–Crippen LogP) is 5.14. The van der Waals surface area contributed by atoms with Gasteiger partial charge in [0.2, 0.25) is 5.60 Å². The predicted molar refractivity (Wildman–Crippen MR) is 109 cm³/mol. The number of rotatable bonds is 6. The first-order valence-electron chi connectivity index (χ1n) is 9.64. The van der Waals surface area contributed by atoms with Crippen LogP contribution in [-0.2, 0) is 5.60 Å². The molecule has 0 aliphatic carbocycles. The van der Waals surface area contributed by atoms with Gasteiger partial charge in [0, 0.05) is 5.39 Å². The van der Waals surface area contributed by atoms with E-state index in [2.05, 4.69) is 5.10 Å². The van der Waals surface area contributed by atoms with E-state index in [4.69, 9.17) is 9.47 Å². The van der Waals surface area contributed by atoms with Crippen molar-refractivity contribution in [2.24, 2.45) is 0 Å². The molecule has 0 radical (unpaired) electrons. The molecule has 0 saturated carbocycles. The Morgan fingerprint density at radius 2 is 1.64 bits per heavy atom. The Bertz CT molecular complexity index is 1290. The average molecular weight is 464 g/mol. The number of aromatic nitrogens is 2. The van der Waals surface area contributed by atoms with Crippen LogP contribution in [0.1, 0.15) is 5.69 Å². The molecule has 0 bridgehead atoms. The lowest BCUT2D eigenvalue weighted by atomic mass is 9.97. The van der Waals surface area contributed by atoms with Gasteiger partial charge in [-0.3, -0.25) is 0 Å². The molecule has 0 spiro atoms. The molecule has 0 aliphatic rings. The third-order valence-electron chi connectivity index (χ3n) is 5.10. The maximum Gasteiger partial charge on any atom is 0.426 e. The SMILES string of the molecule is COc1cccc(F)c1OCC(O)(c1nn(-c2ccc(F)cc2)c2ccccc12)C(F)(F)F. The Hall–Kier alpha value is -3.66. The topological polar surface area (TPSA) is 56.5 Å². The molecule has 1 aromatic heterocycles. The number of fused-ring (bicyclic) bond motifs is 1. The van der Waals surface area contributed by atoms with E-state index >= 15 is 0 Å². The van der Waals surface area contributed by atoms with Gasteiger partial charge in [-0.1, -0.05) is 24.3 Å². The van der Waals surface area contributed by atoms with E-state index in [0.717, 1.165) is 22.9 Å². The number of hydrogen-bond donors (Lipinski definition) is 1. The summed E-state index contributed by atoms with van der Waals surface area (Å²) >= 11 is 0. The summed E-state index contributed by atoms with van der Waals surface area (Å²) in [4.78, 5) is 0. The minimum atomic E-state index is -5.24. The van der Waals surface area contributed by atoms with Gasteiger partial charge in [0.25, 0.3) is 0 Å². The van der Waals surface area contributed by atoms with Gasteiger partial charge in [0.05, 0.1) is 18.3 Å². The lowest BCUT2D eigenvalue weighted by Gasteiger charge is -2.29. The summed E-state index contributed by atoms with van der Waals surface area (Å²) in [7, 11) is 1.20. The van der Waals surface area contributed by atoms with Gasteiger partial charge in [-0.25, -0.2) is 13.5 Å². The zero-order valence-electron chi connectivity index (χ0n) is 17.1. The summed E-state index contributed by atoms with van der Waals surface area (Å²) in [6.45, 7) is -1.39. The van der Waals surface area contributed by atoms with Gasteiger partial charge in [0.1, 0.15) is 18.1 Å². The molecule has 1 N–H and O–H groups in total. The zero-order valence-corrected chi connectivity index (χ0v) is 17.1. The highest BCUT2D eigenvalue weighted by Gasteiger charge is 2.58. The van der Waals surface area contributed by atoms with Crippen LogP contribution in [0.25, 0.3) is 16.6 Å². The second-order valence-electron chi connectivity index (χ2n) is 7.17. The van der Waals surface area contributed by atoms with Gasteiger partial charge >= 0.3 is 6.18 Å². The monoisotopic (exact) mass is 464 g/mol. The average Bonchev–Trinajstić information content (AvgIpc) is 3.18. The number of aliphatic hydroxyl groups is 1. The minimum Gasteiger partial charge on any atom is -0.493 e. The summed E-state index contributed by atoms with van der Waals surface area (Å²) in [5.74, 6) is -2.21. The number of para-hydroxylation sites is 2. The minimum absolute atomic E-state index is 0.00857. The lowest BCUT2D eigenvalue weighted by molar-refractivity contribution is -0.276. The second kappa shape index (κ2) is 8.36. The molecule has 0 amide bonds. The van der Waals surface area contributed by atoms with Gasteiger partial charge in [-0.05, 0) is 42.5 Å². The number of hydrogen-bond acceptors (Lipinski definition) is 4. The summed E-state index contributed by atoms with van der Waals surface area (Å²) < 4.78 is 81.4. The molecule has 0 aliphatic heterocycles. The molecule has 5 nitrogen and oxygen atoms in total. The molecule has 33 heavy (non-hydrogen) atoms. The van der Waals surface area contributed by atoms with Crippen LogP contribution in [-0.4, -0.2) is 34.8 Å². The largest absolute Gasteiger partial charge is 0.493 e. The highest BCUT2D eigenvalue weighted by atomic mass is 19.4. The van der Waals surface area contributed by atoms with Crippen molar-refractivity contribution in [1.29, 1.82) is 0 Å². The van der Waals surface area contributed by atoms with Crippen LogP contribution in [0.5, 0.6) is 11.5 Å². The summed E-state index contributed by atoms with van der Waals surface area (Å²) in [6.07, 6.45) is -5.24. The quantitative estimate of drug-likeness (QED) is 0.402. The number of methoxy groups -OCH3 is 1. The Balaban J connectivity index is 1.85. The van der Waals surface area contributed by atoms with E-state index in [1.165, 1.54) is 49.6 Å². The van der Waals surface area contributed by atoms with Gasteiger partial charge in [-0.2, -0.15) is 18.3 Å². The van der Waals surface area contributed by atoms with E-state index in [0.29, 0.717) is 0 Å². The van der Waals surface area contributed by atoms with Crippen LogP contribution in [0.3, 0.4) is 0 Å². The number of ether oxygens (including phenoxy) is 2. The van der Waals surface area contributed by atoms with Crippen molar-refractivity contribution in [2.75, 3.05) is 13.7 Å². The van der Waals surface area contributed by atoms with Crippen molar-refractivity contribution in [2.45, 2.75) is 11.8 Å². The highest BCUT2D eigenvalue weighted by molar-refractivity contribution is 5.84. The van der Waals surface area contributed by atoms with E-state index in [-0.39, 0.29) is 22.3 Å². The first-order valence-corrected chi connectivity index (χ1v) is 9.64. The van der Waals surface area contributed by atoms with Crippen molar-refractivity contribution in [3.63, 3.8) is 0 Å². The van der Waals surface area contributed by atoms with Crippen molar-refractivity contribution >= 4 is 10.9 Å². The van der Waals surface area contributed by atoms with Crippen LogP contribution in [0.4, 0.5) is 22.0 Å². The summed E-state index contributed by atoms with van der Waals surface area (Å²) in [5.41, 5.74) is -3.83. The summed E-state index contributed by atoms with van der Waals surface area (Å²) in [5, 5.41) is 14.9. The summed E-state index contributed by atoms with van der Waals surface area (Å²) in [6, 6.07) is 14.5. The number of nitrogens with zero attached hydrogens (tertiary/aromatic N) is 2. The van der Waals surface area contributed by atoms with E-state index in [1.54, 1.807) is 6.07 Å². The maximum atomic E-state index is 14.2. The highest BCUT2D eigenvalue weighted by Crippen LogP contribution is 2.43. The van der Waals surface area contributed by atoms with E-state index in [1.807, 2.05) is 0 Å².